The molecular weight excluding hydrogens is 248 g/mol. The van der Waals surface area contributed by atoms with E-state index in [1.807, 2.05) is 20.8 Å². The van der Waals surface area contributed by atoms with Crippen LogP contribution in [-0.2, 0) is 10.0 Å². The Morgan fingerprint density at radius 2 is 2.00 bits per heavy atom. The van der Waals surface area contributed by atoms with Crippen molar-refractivity contribution in [1.29, 1.82) is 0 Å². The zero-order chi connectivity index (χ0) is 12.3. The Labute approximate surface area is 101 Å². The van der Waals surface area contributed by atoms with Gasteiger partial charge in [0.25, 0.3) is 0 Å². The van der Waals surface area contributed by atoms with E-state index in [2.05, 4.69) is 9.71 Å². The number of nitrogens with one attached hydrogen (secondary N) is 1. The molecule has 0 radical (unpaired) electrons. The Bertz CT molecular complexity index is 460. The lowest BCUT2D eigenvalue weighted by molar-refractivity contribution is 0.476. The largest absolute Gasteiger partial charge is 0.243 e. The van der Waals surface area contributed by atoms with Crippen molar-refractivity contribution >= 4 is 21.6 Å². The molecule has 1 N–H and O–H groups in total. The fourth-order valence-corrected chi connectivity index (χ4v) is 2.86. The molecule has 0 aliphatic rings. The number of sulfonamides is 1. The first kappa shape index (κ1) is 13.4. The summed E-state index contributed by atoms with van der Waals surface area (Å²) in [7, 11) is -3.58. The molecule has 1 rings (SSSR count). The zero-order valence-corrected chi connectivity index (χ0v) is 11.0. The van der Waals surface area contributed by atoms with Gasteiger partial charge in [-0.15, -0.1) is 0 Å². The standard InChI is InChI=1S/C10H15ClN2O2S/c1-7(2)8(3)13-16(14,15)9-5-4-6-12-10(9)11/h4-8,13H,1-3H3. The van der Waals surface area contributed by atoms with Gasteiger partial charge in [-0.05, 0) is 25.0 Å². The predicted molar refractivity (Wildman–Crippen MR) is 63.9 cm³/mol. The highest BCUT2D eigenvalue weighted by molar-refractivity contribution is 7.89. The summed E-state index contributed by atoms with van der Waals surface area (Å²) in [6.07, 6.45) is 1.45. The third kappa shape index (κ3) is 3.17. The maximum absolute atomic E-state index is 11.9. The van der Waals surface area contributed by atoms with Crippen LogP contribution in [0.15, 0.2) is 23.2 Å². The minimum atomic E-state index is -3.58. The van der Waals surface area contributed by atoms with Crippen LogP contribution in [0.1, 0.15) is 20.8 Å². The van der Waals surface area contributed by atoms with Gasteiger partial charge in [0.1, 0.15) is 10.0 Å². The summed E-state index contributed by atoms with van der Waals surface area (Å²) in [4.78, 5) is 3.76. The van der Waals surface area contributed by atoms with Gasteiger partial charge >= 0.3 is 0 Å². The maximum atomic E-state index is 11.9. The summed E-state index contributed by atoms with van der Waals surface area (Å²) >= 11 is 5.74. The third-order valence-electron chi connectivity index (χ3n) is 2.36. The number of aromatic nitrogens is 1. The highest BCUT2D eigenvalue weighted by Gasteiger charge is 2.21. The molecule has 1 aromatic rings. The average molecular weight is 263 g/mol. The quantitative estimate of drug-likeness (QED) is 0.845. The molecule has 0 amide bonds. The van der Waals surface area contributed by atoms with Crippen LogP contribution in [0.25, 0.3) is 0 Å². The van der Waals surface area contributed by atoms with Gasteiger partial charge in [0.15, 0.2) is 0 Å². The minimum Gasteiger partial charge on any atom is -0.243 e. The van der Waals surface area contributed by atoms with Crippen LogP contribution >= 0.6 is 11.6 Å². The summed E-state index contributed by atoms with van der Waals surface area (Å²) in [5.74, 6) is 0.213. The lowest BCUT2D eigenvalue weighted by Crippen LogP contribution is -2.36. The Morgan fingerprint density at radius 3 is 2.50 bits per heavy atom. The smallest absolute Gasteiger partial charge is 0.243 e. The van der Waals surface area contributed by atoms with E-state index < -0.39 is 10.0 Å². The zero-order valence-electron chi connectivity index (χ0n) is 9.44. The van der Waals surface area contributed by atoms with E-state index in [9.17, 15) is 8.42 Å². The summed E-state index contributed by atoms with van der Waals surface area (Å²) in [5.41, 5.74) is 0. The predicted octanol–water partition coefficient (Wildman–Crippen LogP) is 2.06. The SMILES string of the molecule is CC(C)C(C)NS(=O)(=O)c1cccnc1Cl. The summed E-state index contributed by atoms with van der Waals surface area (Å²) in [6.45, 7) is 5.70. The molecule has 16 heavy (non-hydrogen) atoms. The van der Waals surface area contributed by atoms with Gasteiger partial charge < -0.3 is 0 Å². The van der Waals surface area contributed by atoms with Crippen LogP contribution in [-0.4, -0.2) is 19.4 Å². The van der Waals surface area contributed by atoms with Gasteiger partial charge in [0.05, 0.1) is 0 Å². The Balaban J connectivity index is 3.00. The molecule has 0 saturated heterocycles. The molecule has 90 valence electrons. The van der Waals surface area contributed by atoms with E-state index >= 15 is 0 Å². The number of pyridine rings is 1. The van der Waals surface area contributed by atoms with Crippen molar-refractivity contribution in [3.8, 4) is 0 Å². The van der Waals surface area contributed by atoms with Crippen LogP contribution in [0.5, 0.6) is 0 Å². The first-order chi connectivity index (χ1) is 7.34. The number of hydrogen-bond donors (Lipinski definition) is 1. The lowest BCUT2D eigenvalue weighted by Gasteiger charge is -2.17. The molecule has 0 spiro atoms. The van der Waals surface area contributed by atoms with Crippen LogP contribution in [0, 0.1) is 5.92 Å². The van der Waals surface area contributed by atoms with Crippen molar-refractivity contribution in [3.63, 3.8) is 0 Å². The Hall–Kier alpha value is -0.650. The first-order valence-corrected chi connectivity index (χ1v) is 6.83. The molecule has 1 heterocycles. The molecule has 0 aromatic carbocycles. The van der Waals surface area contributed by atoms with Crippen molar-refractivity contribution in [1.82, 2.24) is 9.71 Å². The fourth-order valence-electron chi connectivity index (χ4n) is 1.02. The molecule has 6 heteroatoms. The van der Waals surface area contributed by atoms with Crippen molar-refractivity contribution in [3.05, 3.63) is 23.5 Å². The molecule has 0 aliphatic carbocycles. The van der Waals surface area contributed by atoms with Crippen LogP contribution in [0.2, 0.25) is 5.15 Å². The first-order valence-electron chi connectivity index (χ1n) is 4.97. The van der Waals surface area contributed by atoms with Crippen LogP contribution in [0.4, 0.5) is 0 Å². The van der Waals surface area contributed by atoms with Gasteiger partial charge in [0, 0.05) is 12.2 Å². The highest BCUT2D eigenvalue weighted by Crippen LogP contribution is 2.18. The van der Waals surface area contributed by atoms with E-state index in [-0.39, 0.29) is 22.0 Å². The topological polar surface area (TPSA) is 59.1 Å². The number of hydrogen-bond acceptors (Lipinski definition) is 3. The van der Waals surface area contributed by atoms with E-state index in [4.69, 9.17) is 11.6 Å². The highest BCUT2D eigenvalue weighted by atomic mass is 35.5. The number of nitrogens with zero attached hydrogens (tertiary/aromatic N) is 1. The van der Waals surface area contributed by atoms with Gasteiger partial charge in [-0.1, -0.05) is 25.4 Å². The van der Waals surface area contributed by atoms with E-state index in [0.29, 0.717) is 0 Å². The second-order valence-electron chi connectivity index (χ2n) is 3.95. The lowest BCUT2D eigenvalue weighted by atomic mass is 10.1. The third-order valence-corrected chi connectivity index (χ3v) is 4.36. The molecule has 0 bridgehead atoms. The Kier molecular flexibility index (Phi) is 4.29. The van der Waals surface area contributed by atoms with Crippen molar-refractivity contribution in [2.75, 3.05) is 0 Å². The molecular formula is C10H15ClN2O2S. The van der Waals surface area contributed by atoms with Crippen LogP contribution in [0.3, 0.4) is 0 Å². The van der Waals surface area contributed by atoms with E-state index in [1.165, 1.54) is 12.3 Å². The minimum absolute atomic E-state index is 0.00837. The second kappa shape index (κ2) is 5.12. The van der Waals surface area contributed by atoms with Crippen molar-refractivity contribution < 1.29 is 8.42 Å². The molecule has 0 saturated carbocycles. The normalized spacial score (nSPS) is 14.1. The van der Waals surface area contributed by atoms with Gasteiger partial charge in [0.2, 0.25) is 10.0 Å². The molecule has 4 nitrogen and oxygen atoms in total. The summed E-state index contributed by atoms with van der Waals surface area (Å²) < 4.78 is 26.4. The number of rotatable bonds is 4. The van der Waals surface area contributed by atoms with Gasteiger partial charge in [-0.25, -0.2) is 18.1 Å². The van der Waals surface area contributed by atoms with Gasteiger partial charge in [-0.3, -0.25) is 0 Å². The number of halogens is 1. The molecule has 1 aromatic heterocycles. The van der Waals surface area contributed by atoms with Crippen LogP contribution < -0.4 is 4.72 Å². The molecule has 0 fully saturated rings. The molecule has 1 unspecified atom stereocenters. The maximum Gasteiger partial charge on any atom is 0.243 e. The molecule has 0 aliphatic heterocycles. The second-order valence-corrected chi connectivity index (χ2v) is 5.99. The molecule has 1 atom stereocenters. The average Bonchev–Trinajstić information content (AvgIpc) is 2.17. The fraction of sp³-hybridized carbons (Fsp3) is 0.500. The summed E-state index contributed by atoms with van der Waals surface area (Å²) in [5, 5.41) is -0.00837. The van der Waals surface area contributed by atoms with Crippen molar-refractivity contribution in [2.24, 2.45) is 5.92 Å². The monoisotopic (exact) mass is 262 g/mol. The summed E-state index contributed by atoms with van der Waals surface area (Å²) in [6, 6.07) is 2.83. The van der Waals surface area contributed by atoms with E-state index in [1.54, 1.807) is 6.07 Å². The van der Waals surface area contributed by atoms with Gasteiger partial charge in [-0.2, -0.15) is 0 Å². The Morgan fingerprint density at radius 1 is 1.38 bits per heavy atom. The van der Waals surface area contributed by atoms with Crippen molar-refractivity contribution in [2.45, 2.75) is 31.7 Å². The van der Waals surface area contributed by atoms with E-state index in [0.717, 1.165) is 0 Å².